The van der Waals surface area contributed by atoms with Gasteiger partial charge in [-0.25, -0.2) is 4.98 Å². The highest BCUT2D eigenvalue weighted by atomic mass is 32.2. The maximum Gasteiger partial charge on any atom is 0.267 e. The van der Waals surface area contributed by atoms with E-state index in [0.29, 0.717) is 32.8 Å². The number of carbonyl (C=O) groups is 1. The number of hydrogen-bond acceptors (Lipinski definition) is 7. The number of fused-ring (bicyclic) bond motifs is 1. The van der Waals surface area contributed by atoms with E-state index < -0.39 is 0 Å². The van der Waals surface area contributed by atoms with Crippen molar-refractivity contribution in [3.8, 4) is 0 Å². The average molecular weight is 548 g/mol. The van der Waals surface area contributed by atoms with Crippen molar-refractivity contribution in [3.63, 3.8) is 0 Å². The summed E-state index contributed by atoms with van der Waals surface area (Å²) in [4.78, 5) is 38.7. The highest BCUT2D eigenvalue weighted by molar-refractivity contribution is 8.26. The molecule has 5 rings (SSSR count). The molecule has 0 spiro atoms. The number of aromatic nitrogens is 2. The van der Waals surface area contributed by atoms with Crippen molar-refractivity contribution >= 4 is 51.7 Å². The summed E-state index contributed by atoms with van der Waals surface area (Å²) in [6, 6.07) is 14.3. The van der Waals surface area contributed by atoms with Crippen molar-refractivity contribution in [3.05, 3.63) is 80.6 Å². The van der Waals surface area contributed by atoms with E-state index in [0.717, 1.165) is 57.5 Å². The summed E-state index contributed by atoms with van der Waals surface area (Å²) < 4.78 is 2.14. The van der Waals surface area contributed by atoms with Gasteiger partial charge in [-0.05, 0) is 36.6 Å². The molecule has 2 aromatic heterocycles. The number of nitrogens with zero attached hydrogens (tertiary/aromatic N) is 5. The molecule has 0 unspecified atom stereocenters. The highest BCUT2D eigenvalue weighted by Gasteiger charge is 2.33. The van der Waals surface area contributed by atoms with Gasteiger partial charge in [0, 0.05) is 45.5 Å². The minimum Gasteiger partial charge on any atom is -0.353 e. The monoisotopic (exact) mass is 547 g/mol. The second-order valence-electron chi connectivity index (χ2n) is 9.88. The summed E-state index contributed by atoms with van der Waals surface area (Å²) in [7, 11) is 0. The summed E-state index contributed by atoms with van der Waals surface area (Å²) >= 11 is 6.80. The third-order valence-corrected chi connectivity index (χ3v) is 8.42. The summed E-state index contributed by atoms with van der Waals surface area (Å²) in [6.07, 6.45) is 6.56. The largest absolute Gasteiger partial charge is 0.353 e. The number of pyridine rings is 1. The molecule has 9 heteroatoms. The molecule has 0 radical (unpaired) electrons. The Morgan fingerprint density at radius 3 is 2.53 bits per heavy atom. The van der Waals surface area contributed by atoms with Crippen LogP contribution in [0.3, 0.4) is 0 Å². The Kier molecular flexibility index (Phi) is 8.26. The number of carbonyl (C=O) groups excluding carboxylic acids is 1. The molecule has 0 aliphatic carbocycles. The first-order chi connectivity index (χ1) is 18.4. The molecule has 0 atom stereocenters. The van der Waals surface area contributed by atoms with Crippen LogP contribution in [0, 0.1) is 6.92 Å². The number of hydrogen-bond donors (Lipinski definition) is 0. The molecule has 2 saturated heterocycles. The molecule has 7 nitrogen and oxygen atoms in total. The van der Waals surface area contributed by atoms with Crippen molar-refractivity contribution in [1.29, 1.82) is 0 Å². The Morgan fingerprint density at radius 1 is 1.03 bits per heavy atom. The molecule has 1 amide bonds. The zero-order chi connectivity index (χ0) is 26.6. The van der Waals surface area contributed by atoms with E-state index in [1.807, 2.05) is 25.1 Å². The molecule has 3 aromatic rings. The molecule has 198 valence electrons. The van der Waals surface area contributed by atoms with Crippen molar-refractivity contribution in [2.45, 2.75) is 39.7 Å². The molecule has 2 fully saturated rings. The Balaban J connectivity index is 1.45. The predicted octanol–water partition coefficient (Wildman–Crippen LogP) is 4.72. The van der Waals surface area contributed by atoms with E-state index in [-0.39, 0.29) is 11.5 Å². The molecule has 2 aliphatic rings. The van der Waals surface area contributed by atoms with Crippen molar-refractivity contribution < 1.29 is 4.79 Å². The van der Waals surface area contributed by atoms with Crippen LogP contribution < -0.4 is 10.5 Å². The first-order valence-electron chi connectivity index (χ1n) is 13.2. The van der Waals surface area contributed by atoms with E-state index >= 15 is 0 Å². The van der Waals surface area contributed by atoms with Crippen LogP contribution in [0.4, 0.5) is 5.82 Å². The van der Waals surface area contributed by atoms with Gasteiger partial charge < -0.3 is 4.90 Å². The summed E-state index contributed by atoms with van der Waals surface area (Å²) in [6.45, 7) is 8.82. The maximum absolute atomic E-state index is 13.8. The SMILES string of the molecule is CCCCCN1C(=O)C(=Cc2c(N3CCN(Cc4ccccc4)CC3)nc3ccc(C)cn3c2=O)SC1=S. The molecular weight excluding hydrogens is 514 g/mol. The molecule has 0 N–H and O–H groups in total. The van der Waals surface area contributed by atoms with E-state index in [2.05, 4.69) is 41.0 Å². The average Bonchev–Trinajstić information content (AvgIpc) is 3.19. The number of piperazine rings is 1. The number of anilines is 1. The predicted molar refractivity (Wildman–Crippen MR) is 160 cm³/mol. The Labute approximate surface area is 233 Å². The van der Waals surface area contributed by atoms with Gasteiger partial charge in [-0.15, -0.1) is 0 Å². The molecule has 0 bridgehead atoms. The van der Waals surface area contributed by atoms with E-state index in [1.165, 1.54) is 17.3 Å². The Hall–Kier alpha value is -3.01. The lowest BCUT2D eigenvalue weighted by Gasteiger charge is -2.36. The molecule has 0 saturated carbocycles. The van der Waals surface area contributed by atoms with Crippen molar-refractivity contribution in [2.24, 2.45) is 0 Å². The fourth-order valence-electron chi connectivity index (χ4n) is 4.92. The first-order valence-corrected chi connectivity index (χ1v) is 14.5. The number of unbranched alkanes of at least 4 members (excludes halogenated alkanes) is 2. The van der Waals surface area contributed by atoms with E-state index in [4.69, 9.17) is 17.2 Å². The topological polar surface area (TPSA) is 61.2 Å². The van der Waals surface area contributed by atoms with Crippen LogP contribution >= 0.6 is 24.0 Å². The molecule has 2 aliphatic heterocycles. The quantitative estimate of drug-likeness (QED) is 0.230. The lowest BCUT2D eigenvalue weighted by Crippen LogP contribution is -2.47. The van der Waals surface area contributed by atoms with Gasteiger partial charge in [0.2, 0.25) is 0 Å². The minimum absolute atomic E-state index is 0.122. The third-order valence-electron chi connectivity index (χ3n) is 7.04. The van der Waals surface area contributed by atoms with Crippen LogP contribution in [0.1, 0.15) is 42.9 Å². The van der Waals surface area contributed by atoms with Gasteiger partial charge in [0.25, 0.3) is 11.5 Å². The number of thiocarbonyl (C=S) groups is 1. The zero-order valence-electron chi connectivity index (χ0n) is 21.9. The lowest BCUT2D eigenvalue weighted by atomic mass is 10.1. The van der Waals surface area contributed by atoms with Crippen LogP contribution in [0.5, 0.6) is 0 Å². The van der Waals surface area contributed by atoms with Gasteiger partial charge in [-0.3, -0.25) is 23.8 Å². The van der Waals surface area contributed by atoms with Crippen LogP contribution in [-0.2, 0) is 11.3 Å². The van der Waals surface area contributed by atoms with Gasteiger partial charge in [-0.1, -0.05) is 80.1 Å². The number of thioether (sulfide) groups is 1. The minimum atomic E-state index is -0.170. The van der Waals surface area contributed by atoms with Crippen LogP contribution in [0.15, 0.2) is 58.4 Å². The van der Waals surface area contributed by atoms with Gasteiger partial charge in [0.05, 0.1) is 10.5 Å². The highest BCUT2D eigenvalue weighted by Crippen LogP contribution is 2.34. The van der Waals surface area contributed by atoms with Crippen LogP contribution in [-0.4, -0.2) is 62.1 Å². The molecule has 38 heavy (non-hydrogen) atoms. The van der Waals surface area contributed by atoms with Gasteiger partial charge in [-0.2, -0.15) is 0 Å². The molecular formula is C29H33N5O2S2. The number of rotatable bonds is 8. The maximum atomic E-state index is 13.8. The second kappa shape index (κ2) is 11.8. The second-order valence-corrected chi connectivity index (χ2v) is 11.6. The van der Waals surface area contributed by atoms with Crippen molar-refractivity contribution in [2.75, 3.05) is 37.6 Å². The normalized spacial score (nSPS) is 17.8. The Bertz CT molecular complexity index is 1430. The standard InChI is InChI=1S/C29H33N5O2S2/c1-3-4-8-13-33-28(36)24(38-29(33)37)18-23-26(30-25-12-11-21(2)19-34(25)27(23)35)32-16-14-31(15-17-32)20-22-9-6-5-7-10-22/h5-7,9-12,18-19H,3-4,8,13-17,20H2,1-2H3. The molecule has 4 heterocycles. The van der Waals surface area contributed by atoms with Gasteiger partial charge in [0.15, 0.2) is 0 Å². The Morgan fingerprint density at radius 2 is 1.79 bits per heavy atom. The summed E-state index contributed by atoms with van der Waals surface area (Å²) in [5.41, 5.74) is 3.14. The smallest absolute Gasteiger partial charge is 0.267 e. The van der Waals surface area contributed by atoms with Gasteiger partial charge in [0.1, 0.15) is 15.8 Å². The number of benzene rings is 1. The van der Waals surface area contributed by atoms with Gasteiger partial charge >= 0.3 is 0 Å². The van der Waals surface area contributed by atoms with E-state index in [1.54, 1.807) is 21.6 Å². The van der Waals surface area contributed by atoms with Crippen LogP contribution in [0.25, 0.3) is 11.7 Å². The van der Waals surface area contributed by atoms with Crippen molar-refractivity contribution in [1.82, 2.24) is 19.2 Å². The third kappa shape index (κ3) is 5.70. The summed E-state index contributed by atoms with van der Waals surface area (Å²) in [5, 5.41) is 0. The van der Waals surface area contributed by atoms with E-state index in [9.17, 15) is 9.59 Å². The fraction of sp³-hybridized carbons (Fsp3) is 0.379. The lowest BCUT2D eigenvalue weighted by molar-refractivity contribution is -0.122. The summed E-state index contributed by atoms with van der Waals surface area (Å²) in [5.74, 6) is 0.512. The first kappa shape index (κ1) is 26.6. The fourth-order valence-corrected chi connectivity index (χ4v) is 6.21. The van der Waals surface area contributed by atoms with Crippen LogP contribution in [0.2, 0.25) is 0 Å². The molecule has 1 aromatic carbocycles. The number of aryl methyl sites for hydroxylation is 1. The number of amides is 1. The zero-order valence-corrected chi connectivity index (χ0v) is 23.6.